The summed E-state index contributed by atoms with van der Waals surface area (Å²) in [6.07, 6.45) is 1.55. The molecular formula is C28H31N3O4. The van der Waals surface area contributed by atoms with E-state index in [4.69, 9.17) is 9.47 Å². The summed E-state index contributed by atoms with van der Waals surface area (Å²) in [5, 5.41) is 6.71. The Balaban J connectivity index is 1.65. The number of ether oxygens (including phenoxy) is 2. The van der Waals surface area contributed by atoms with Gasteiger partial charge in [0.1, 0.15) is 6.61 Å². The first kappa shape index (κ1) is 25.5. The molecule has 0 bridgehead atoms. The van der Waals surface area contributed by atoms with E-state index in [0.717, 1.165) is 11.1 Å². The largest absolute Gasteiger partial charge is 0.490 e. The molecule has 3 aromatic rings. The molecule has 182 valence electrons. The molecule has 2 amide bonds. The molecule has 0 aromatic heterocycles. The van der Waals surface area contributed by atoms with Gasteiger partial charge in [0.25, 0.3) is 5.91 Å². The van der Waals surface area contributed by atoms with Gasteiger partial charge in [-0.25, -0.2) is 5.43 Å². The standard InChI is InChI=1S/C28H31N3O4/c1-6-34-27-15-22(7-12-26(27)35-17-25-19(3)13-18(2)14-20(25)4)16-29-31-28(33)23-8-10-24(11-9-23)30-21(5)32/h7-16H,6,17H2,1-5H3,(H,30,32)(H,31,33). The number of nitrogens with zero attached hydrogens (tertiary/aromatic N) is 1. The van der Waals surface area contributed by atoms with Crippen molar-refractivity contribution < 1.29 is 19.1 Å². The van der Waals surface area contributed by atoms with Gasteiger partial charge >= 0.3 is 0 Å². The molecule has 0 atom stereocenters. The van der Waals surface area contributed by atoms with Gasteiger partial charge in [0.05, 0.1) is 12.8 Å². The minimum Gasteiger partial charge on any atom is -0.490 e. The normalized spacial score (nSPS) is 10.8. The number of hydrazone groups is 1. The highest BCUT2D eigenvalue weighted by molar-refractivity contribution is 5.96. The Morgan fingerprint density at radius 3 is 2.23 bits per heavy atom. The number of carbonyl (C=O) groups is 2. The molecule has 0 saturated heterocycles. The van der Waals surface area contributed by atoms with Crippen molar-refractivity contribution in [3.63, 3.8) is 0 Å². The molecule has 35 heavy (non-hydrogen) atoms. The van der Waals surface area contributed by atoms with Crippen molar-refractivity contribution in [3.05, 3.63) is 88.0 Å². The van der Waals surface area contributed by atoms with E-state index in [9.17, 15) is 9.59 Å². The second kappa shape index (κ2) is 11.8. The van der Waals surface area contributed by atoms with Crippen molar-refractivity contribution in [2.45, 2.75) is 41.2 Å². The number of carbonyl (C=O) groups excluding carboxylic acids is 2. The van der Waals surface area contributed by atoms with E-state index in [1.54, 1.807) is 30.5 Å². The van der Waals surface area contributed by atoms with Crippen LogP contribution >= 0.6 is 0 Å². The second-order valence-corrected chi connectivity index (χ2v) is 8.26. The van der Waals surface area contributed by atoms with Gasteiger partial charge in [-0.1, -0.05) is 17.7 Å². The first-order valence-electron chi connectivity index (χ1n) is 11.4. The van der Waals surface area contributed by atoms with Gasteiger partial charge in [0, 0.05) is 18.2 Å². The number of benzene rings is 3. The molecular weight excluding hydrogens is 442 g/mol. The predicted octanol–water partition coefficient (Wildman–Crippen LogP) is 5.31. The molecule has 0 aliphatic rings. The average Bonchev–Trinajstić information content (AvgIpc) is 2.79. The van der Waals surface area contributed by atoms with Crippen LogP contribution in [-0.4, -0.2) is 24.6 Å². The van der Waals surface area contributed by atoms with Gasteiger partial charge in [0.2, 0.25) is 5.91 Å². The van der Waals surface area contributed by atoms with E-state index in [-0.39, 0.29) is 11.8 Å². The molecule has 0 heterocycles. The molecule has 3 rings (SSSR count). The monoisotopic (exact) mass is 473 g/mol. The predicted molar refractivity (Wildman–Crippen MR) is 138 cm³/mol. The maximum Gasteiger partial charge on any atom is 0.271 e. The average molecular weight is 474 g/mol. The van der Waals surface area contributed by atoms with Gasteiger partial charge in [0.15, 0.2) is 11.5 Å². The Morgan fingerprint density at radius 1 is 0.914 bits per heavy atom. The van der Waals surface area contributed by atoms with Crippen LogP contribution < -0.4 is 20.2 Å². The maximum atomic E-state index is 12.3. The first-order valence-corrected chi connectivity index (χ1v) is 11.4. The van der Waals surface area contributed by atoms with Crippen molar-refractivity contribution in [3.8, 4) is 11.5 Å². The van der Waals surface area contributed by atoms with Crippen LogP contribution in [0.1, 0.15) is 52.0 Å². The zero-order valence-corrected chi connectivity index (χ0v) is 20.8. The summed E-state index contributed by atoms with van der Waals surface area (Å²) < 4.78 is 11.9. The van der Waals surface area contributed by atoms with Crippen LogP contribution in [0.2, 0.25) is 0 Å². The third kappa shape index (κ3) is 7.17. The van der Waals surface area contributed by atoms with Gasteiger partial charge in [-0.15, -0.1) is 0 Å². The molecule has 3 aromatic carbocycles. The summed E-state index contributed by atoms with van der Waals surface area (Å²) in [7, 11) is 0. The quantitative estimate of drug-likeness (QED) is 0.326. The molecule has 7 nitrogen and oxygen atoms in total. The van der Waals surface area contributed by atoms with Crippen molar-refractivity contribution in [2.24, 2.45) is 5.10 Å². The fourth-order valence-corrected chi connectivity index (χ4v) is 3.72. The van der Waals surface area contributed by atoms with Crippen molar-refractivity contribution in [1.29, 1.82) is 0 Å². The second-order valence-electron chi connectivity index (χ2n) is 8.26. The topological polar surface area (TPSA) is 89.0 Å². The lowest BCUT2D eigenvalue weighted by molar-refractivity contribution is -0.114. The summed E-state index contributed by atoms with van der Waals surface area (Å²) in [6.45, 7) is 10.5. The number of amides is 2. The molecule has 0 unspecified atom stereocenters. The minimum atomic E-state index is -0.357. The Bertz CT molecular complexity index is 1210. The fraction of sp³-hybridized carbons (Fsp3) is 0.250. The van der Waals surface area contributed by atoms with Gasteiger partial charge in [-0.3, -0.25) is 9.59 Å². The molecule has 0 saturated carbocycles. The molecule has 0 aliphatic heterocycles. The summed E-state index contributed by atoms with van der Waals surface area (Å²) >= 11 is 0. The van der Waals surface area contributed by atoms with E-state index in [0.29, 0.717) is 36.0 Å². The summed E-state index contributed by atoms with van der Waals surface area (Å²) in [5.41, 5.74) is 9.11. The van der Waals surface area contributed by atoms with E-state index < -0.39 is 0 Å². The van der Waals surface area contributed by atoms with Gasteiger partial charge in [-0.2, -0.15) is 5.10 Å². The lowest BCUT2D eigenvalue weighted by Crippen LogP contribution is -2.17. The number of aryl methyl sites for hydroxylation is 3. The molecule has 2 N–H and O–H groups in total. The van der Waals surface area contributed by atoms with E-state index in [1.165, 1.54) is 23.6 Å². The molecule has 0 radical (unpaired) electrons. The van der Waals surface area contributed by atoms with E-state index in [1.807, 2.05) is 25.1 Å². The maximum absolute atomic E-state index is 12.3. The summed E-state index contributed by atoms with van der Waals surface area (Å²) in [5.74, 6) is 0.727. The summed E-state index contributed by atoms with van der Waals surface area (Å²) in [6, 6.07) is 16.4. The van der Waals surface area contributed by atoms with E-state index in [2.05, 4.69) is 48.7 Å². The van der Waals surface area contributed by atoms with Crippen LogP contribution in [0.25, 0.3) is 0 Å². The SMILES string of the molecule is CCOc1cc(C=NNC(=O)c2ccc(NC(C)=O)cc2)ccc1OCc1c(C)cc(C)cc1C. The van der Waals surface area contributed by atoms with Crippen LogP contribution in [0.5, 0.6) is 11.5 Å². The number of hydrogen-bond acceptors (Lipinski definition) is 5. The highest BCUT2D eigenvalue weighted by Crippen LogP contribution is 2.30. The number of rotatable bonds is 9. The Kier molecular flexibility index (Phi) is 8.62. The highest BCUT2D eigenvalue weighted by Gasteiger charge is 2.10. The Labute approximate surface area is 206 Å². The van der Waals surface area contributed by atoms with E-state index >= 15 is 0 Å². The first-order chi connectivity index (χ1) is 16.8. The fourth-order valence-electron chi connectivity index (χ4n) is 3.72. The zero-order chi connectivity index (χ0) is 25.4. The molecule has 7 heteroatoms. The Hall–Kier alpha value is -4.13. The molecule has 0 fully saturated rings. The zero-order valence-electron chi connectivity index (χ0n) is 20.8. The van der Waals surface area contributed by atoms with Crippen LogP contribution in [-0.2, 0) is 11.4 Å². The van der Waals surface area contributed by atoms with Gasteiger partial charge < -0.3 is 14.8 Å². The van der Waals surface area contributed by atoms with Crippen LogP contribution in [0.4, 0.5) is 5.69 Å². The van der Waals surface area contributed by atoms with Crippen molar-refractivity contribution >= 4 is 23.7 Å². The summed E-state index contributed by atoms with van der Waals surface area (Å²) in [4.78, 5) is 23.4. The van der Waals surface area contributed by atoms with Crippen LogP contribution in [0, 0.1) is 20.8 Å². The lowest BCUT2D eigenvalue weighted by atomic mass is 10.0. The lowest BCUT2D eigenvalue weighted by Gasteiger charge is -2.15. The van der Waals surface area contributed by atoms with Crippen LogP contribution in [0.3, 0.4) is 0 Å². The molecule has 0 spiro atoms. The number of hydrogen-bond donors (Lipinski definition) is 2. The number of nitrogens with one attached hydrogen (secondary N) is 2. The van der Waals surface area contributed by atoms with Gasteiger partial charge in [-0.05, 0) is 92.4 Å². The third-order valence-corrected chi connectivity index (χ3v) is 5.33. The highest BCUT2D eigenvalue weighted by atomic mass is 16.5. The molecule has 0 aliphatic carbocycles. The third-order valence-electron chi connectivity index (χ3n) is 5.33. The van der Waals surface area contributed by atoms with Crippen LogP contribution in [0.15, 0.2) is 59.7 Å². The van der Waals surface area contributed by atoms with Crippen molar-refractivity contribution in [1.82, 2.24) is 5.43 Å². The Morgan fingerprint density at radius 2 is 1.60 bits per heavy atom. The minimum absolute atomic E-state index is 0.171. The number of anilines is 1. The van der Waals surface area contributed by atoms with Crippen molar-refractivity contribution in [2.75, 3.05) is 11.9 Å². The smallest absolute Gasteiger partial charge is 0.271 e.